The van der Waals surface area contributed by atoms with Crippen molar-refractivity contribution in [1.29, 1.82) is 0 Å². The molecule has 0 aliphatic heterocycles. The summed E-state index contributed by atoms with van der Waals surface area (Å²) in [6.45, 7) is 6.50. The third-order valence-electron chi connectivity index (χ3n) is 11.3. The maximum atomic E-state index is 12.8. The number of rotatable bonds is 47. The second-order valence-electron chi connectivity index (χ2n) is 17.4. The number of allylic oxidation sites excluding steroid dienone is 8. The molecule has 0 aromatic rings. The van der Waals surface area contributed by atoms with Gasteiger partial charge in [-0.25, -0.2) is 0 Å². The quantitative estimate of drug-likeness (QED) is 0.0263. The zero-order valence-electron chi connectivity index (χ0n) is 40.4. The fourth-order valence-corrected chi connectivity index (χ4v) is 7.39. The Hall–Kier alpha value is -2.63. The highest BCUT2D eigenvalue weighted by molar-refractivity contribution is 5.71. The minimum atomic E-state index is -0.786. The van der Waals surface area contributed by atoms with E-state index in [9.17, 15) is 14.4 Å². The van der Waals surface area contributed by atoms with Crippen LogP contribution in [0.15, 0.2) is 48.6 Å². The second kappa shape index (κ2) is 50.0. The molecule has 0 bridgehead atoms. The number of esters is 3. The van der Waals surface area contributed by atoms with E-state index in [2.05, 4.69) is 69.4 Å². The Morgan fingerprint density at radius 1 is 0.344 bits per heavy atom. The molecule has 0 fully saturated rings. The molecule has 1 atom stereocenters. The molecular weight excluding hydrogens is 757 g/mol. The summed E-state index contributed by atoms with van der Waals surface area (Å²) >= 11 is 0. The fourth-order valence-electron chi connectivity index (χ4n) is 7.39. The average Bonchev–Trinajstić information content (AvgIpc) is 3.26. The van der Waals surface area contributed by atoms with Crippen molar-refractivity contribution in [2.75, 3.05) is 13.2 Å². The van der Waals surface area contributed by atoms with Crippen molar-refractivity contribution in [3.8, 4) is 0 Å². The van der Waals surface area contributed by atoms with Crippen LogP contribution in [0, 0.1) is 0 Å². The molecule has 0 rings (SSSR count). The summed E-state index contributed by atoms with van der Waals surface area (Å²) in [6, 6.07) is 0. The van der Waals surface area contributed by atoms with Crippen molar-refractivity contribution in [2.45, 2.75) is 271 Å². The lowest BCUT2D eigenvalue weighted by Gasteiger charge is -2.18. The van der Waals surface area contributed by atoms with Crippen molar-refractivity contribution >= 4 is 17.9 Å². The van der Waals surface area contributed by atoms with Crippen molar-refractivity contribution in [1.82, 2.24) is 0 Å². The van der Waals surface area contributed by atoms with Crippen LogP contribution in [0.1, 0.15) is 265 Å². The molecular formula is C55H98O6. The molecule has 1 unspecified atom stereocenters. The van der Waals surface area contributed by atoms with Gasteiger partial charge in [0.2, 0.25) is 0 Å². The van der Waals surface area contributed by atoms with E-state index >= 15 is 0 Å². The van der Waals surface area contributed by atoms with Gasteiger partial charge in [-0.2, -0.15) is 0 Å². The lowest BCUT2D eigenvalue weighted by molar-refractivity contribution is -0.167. The van der Waals surface area contributed by atoms with Crippen molar-refractivity contribution in [3.05, 3.63) is 48.6 Å². The molecule has 61 heavy (non-hydrogen) atoms. The van der Waals surface area contributed by atoms with Crippen LogP contribution in [0.4, 0.5) is 0 Å². The zero-order valence-corrected chi connectivity index (χ0v) is 40.4. The number of unbranched alkanes of at least 4 members (excludes halogenated alkanes) is 28. The van der Waals surface area contributed by atoms with Crippen molar-refractivity contribution in [3.63, 3.8) is 0 Å². The van der Waals surface area contributed by atoms with Gasteiger partial charge in [0.25, 0.3) is 0 Å². The van der Waals surface area contributed by atoms with E-state index in [4.69, 9.17) is 14.2 Å². The molecule has 354 valence electrons. The van der Waals surface area contributed by atoms with Gasteiger partial charge >= 0.3 is 17.9 Å². The SMILES string of the molecule is CC/C=C\C/C=C\C/C=C\CCCCCC(=O)OC(COC(=O)CCCCCCCCC/C=C\CCCCCCCCC)COC(=O)CCCCCCCCCCCCCC. The van der Waals surface area contributed by atoms with Crippen LogP contribution < -0.4 is 0 Å². The van der Waals surface area contributed by atoms with Gasteiger partial charge in [0.05, 0.1) is 0 Å². The summed E-state index contributed by atoms with van der Waals surface area (Å²) in [4.78, 5) is 37.9. The molecule has 0 saturated carbocycles. The maximum Gasteiger partial charge on any atom is 0.306 e. The van der Waals surface area contributed by atoms with Gasteiger partial charge in [-0.15, -0.1) is 0 Å². The highest BCUT2D eigenvalue weighted by Gasteiger charge is 2.19. The topological polar surface area (TPSA) is 78.9 Å². The number of hydrogen-bond acceptors (Lipinski definition) is 6. The molecule has 0 heterocycles. The van der Waals surface area contributed by atoms with E-state index in [0.717, 1.165) is 83.5 Å². The zero-order chi connectivity index (χ0) is 44.4. The summed E-state index contributed by atoms with van der Waals surface area (Å²) in [5.74, 6) is -0.911. The van der Waals surface area contributed by atoms with E-state index in [1.54, 1.807) is 0 Å². The lowest BCUT2D eigenvalue weighted by Crippen LogP contribution is -2.30. The van der Waals surface area contributed by atoms with Crippen molar-refractivity contribution < 1.29 is 28.6 Å². The van der Waals surface area contributed by atoms with Gasteiger partial charge in [-0.1, -0.05) is 217 Å². The predicted molar refractivity (Wildman–Crippen MR) is 261 cm³/mol. The monoisotopic (exact) mass is 855 g/mol. The van der Waals surface area contributed by atoms with Gasteiger partial charge < -0.3 is 14.2 Å². The highest BCUT2D eigenvalue weighted by atomic mass is 16.6. The normalized spacial score (nSPS) is 12.4. The van der Waals surface area contributed by atoms with Crippen LogP contribution in [0.25, 0.3) is 0 Å². The highest BCUT2D eigenvalue weighted by Crippen LogP contribution is 2.15. The van der Waals surface area contributed by atoms with Gasteiger partial charge in [-0.05, 0) is 77.0 Å². The Morgan fingerprint density at radius 2 is 0.639 bits per heavy atom. The first-order valence-corrected chi connectivity index (χ1v) is 26.1. The first-order chi connectivity index (χ1) is 30.0. The Balaban J connectivity index is 4.36. The molecule has 0 saturated heterocycles. The Labute approximate surface area is 378 Å². The van der Waals surface area contributed by atoms with Gasteiger partial charge in [-0.3, -0.25) is 14.4 Å². The van der Waals surface area contributed by atoms with E-state index in [1.165, 1.54) is 141 Å². The van der Waals surface area contributed by atoms with Crippen LogP contribution in [-0.4, -0.2) is 37.2 Å². The van der Waals surface area contributed by atoms with E-state index in [-0.39, 0.29) is 31.1 Å². The summed E-state index contributed by atoms with van der Waals surface area (Å²) in [5.41, 5.74) is 0. The number of ether oxygens (including phenoxy) is 3. The van der Waals surface area contributed by atoms with Gasteiger partial charge in [0.1, 0.15) is 13.2 Å². The van der Waals surface area contributed by atoms with Crippen LogP contribution >= 0.6 is 0 Å². The van der Waals surface area contributed by atoms with E-state index in [1.807, 2.05) is 0 Å². The van der Waals surface area contributed by atoms with Crippen LogP contribution in [0.3, 0.4) is 0 Å². The third kappa shape index (κ3) is 48.3. The summed E-state index contributed by atoms with van der Waals surface area (Å²) in [7, 11) is 0. The maximum absolute atomic E-state index is 12.8. The predicted octanol–water partition coefficient (Wildman–Crippen LogP) is 17.1. The standard InChI is InChI=1S/C55H98O6/c1-4-7-10-13-16-19-22-25-26-27-28-29-31-33-36-39-42-45-48-54(57)60-51-52(50-59-53(56)47-44-41-38-35-32-24-21-18-15-12-9-6-3)61-55(58)49-46-43-40-37-34-30-23-20-17-14-11-8-5-2/h8,11,17,20,26-27,30,34,52H,4-7,9-10,12-16,18-19,21-25,28-29,31-33,35-51H2,1-3H3/b11-8-,20-17-,27-26-,34-30-. The molecule has 0 radical (unpaired) electrons. The average molecular weight is 855 g/mol. The summed E-state index contributed by atoms with van der Waals surface area (Å²) in [6.07, 6.45) is 59.5. The van der Waals surface area contributed by atoms with E-state index < -0.39 is 6.10 Å². The molecule has 0 N–H and O–H groups in total. The molecule has 0 amide bonds. The first kappa shape index (κ1) is 58.4. The van der Waals surface area contributed by atoms with Gasteiger partial charge in [0.15, 0.2) is 6.10 Å². The van der Waals surface area contributed by atoms with Crippen LogP contribution in [0.2, 0.25) is 0 Å². The Bertz CT molecular complexity index is 1070. The fraction of sp³-hybridized carbons (Fsp3) is 0.800. The Morgan fingerprint density at radius 3 is 1.03 bits per heavy atom. The summed E-state index contributed by atoms with van der Waals surface area (Å²) < 4.78 is 16.8. The number of hydrogen-bond donors (Lipinski definition) is 0. The first-order valence-electron chi connectivity index (χ1n) is 26.1. The number of carbonyl (C=O) groups is 3. The van der Waals surface area contributed by atoms with Gasteiger partial charge in [0, 0.05) is 19.3 Å². The molecule has 0 spiro atoms. The second-order valence-corrected chi connectivity index (χ2v) is 17.4. The van der Waals surface area contributed by atoms with Crippen LogP contribution in [0.5, 0.6) is 0 Å². The summed E-state index contributed by atoms with van der Waals surface area (Å²) in [5, 5.41) is 0. The third-order valence-corrected chi connectivity index (χ3v) is 11.3. The minimum absolute atomic E-state index is 0.0841. The van der Waals surface area contributed by atoms with Crippen LogP contribution in [-0.2, 0) is 28.6 Å². The Kier molecular flexibility index (Phi) is 47.9. The molecule has 0 aliphatic rings. The molecule has 6 nitrogen and oxygen atoms in total. The number of carbonyl (C=O) groups excluding carboxylic acids is 3. The van der Waals surface area contributed by atoms with E-state index in [0.29, 0.717) is 19.3 Å². The molecule has 0 aromatic carbocycles. The molecule has 0 aliphatic carbocycles. The smallest absolute Gasteiger partial charge is 0.306 e. The van der Waals surface area contributed by atoms with Crippen molar-refractivity contribution in [2.24, 2.45) is 0 Å². The lowest BCUT2D eigenvalue weighted by atomic mass is 10.0. The minimum Gasteiger partial charge on any atom is -0.462 e. The molecule has 0 aromatic heterocycles. The largest absolute Gasteiger partial charge is 0.462 e. The molecule has 6 heteroatoms.